The topological polar surface area (TPSA) is 71.4 Å². The van der Waals surface area contributed by atoms with Gasteiger partial charge in [0.05, 0.1) is 5.92 Å². The monoisotopic (exact) mass is 535 g/mol. The Balaban J connectivity index is 2.72. The van der Waals surface area contributed by atoms with Crippen molar-refractivity contribution in [2.45, 2.75) is 5.92 Å². The van der Waals surface area contributed by atoms with Crippen LogP contribution in [0.1, 0.15) is 39.3 Å². The van der Waals surface area contributed by atoms with E-state index in [2.05, 4.69) is 0 Å². The summed E-state index contributed by atoms with van der Waals surface area (Å²) in [7, 11) is 0. The van der Waals surface area contributed by atoms with Gasteiger partial charge in [-0.05, 0) is 0 Å². The normalized spacial score (nSPS) is 10.9. The van der Waals surface area contributed by atoms with E-state index in [1.807, 2.05) is 0 Å². The van der Waals surface area contributed by atoms with Crippen LogP contribution in [-0.4, -0.2) is 0 Å². The van der Waals surface area contributed by atoms with Gasteiger partial charge in [-0.3, -0.25) is 0 Å². The van der Waals surface area contributed by atoms with E-state index in [0.717, 1.165) is 0 Å². The molecule has 3 rings (SSSR count). The van der Waals surface area contributed by atoms with E-state index in [0.29, 0.717) is 18.2 Å². The fraction of sp³-hybridized carbons (Fsp3) is 0.0455. The minimum Gasteiger partial charge on any atom is -0.203 e. The molecule has 0 aliphatic carbocycles. The van der Waals surface area contributed by atoms with Crippen LogP contribution in [0.4, 0.5) is 52.7 Å². The van der Waals surface area contributed by atoms with Gasteiger partial charge in [0, 0.05) is 16.7 Å². The van der Waals surface area contributed by atoms with Crippen LogP contribution in [0.3, 0.4) is 0 Å². The summed E-state index contributed by atoms with van der Waals surface area (Å²) in [5, 5.41) is 26.1. The zero-order chi connectivity index (χ0) is 28.1. The van der Waals surface area contributed by atoms with Crippen molar-refractivity contribution in [2.24, 2.45) is 0 Å². The second-order valence-corrected chi connectivity index (χ2v) is 6.90. The van der Waals surface area contributed by atoms with Crippen LogP contribution in [0.25, 0.3) is 0 Å². The molecule has 0 N–H and O–H groups in total. The molecule has 3 nitrogen and oxygen atoms in total. The second-order valence-electron chi connectivity index (χ2n) is 6.90. The quantitative estimate of drug-likeness (QED) is 0.230. The van der Waals surface area contributed by atoms with Crippen molar-refractivity contribution >= 4 is 0 Å². The highest BCUT2D eigenvalue weighted by Crippen LogP contribution is 2.44. The Morgan fingerprint density at radius 1 is 0.324 bits per heavy atom. The summed E-state index contributed by atoms with van der Waals surface area (Å²) >= 11 is 0. The Bertz CT molecular complexity index is 1360. The van der Waals surface area contributed by atoms with Gasteiger partial charge in [-0.1, -0.05) is 0 Å². The molecule has 0 aliphatic rings. The molecule has 0 bridgehead atoms. The lowest BCUT2D eigenvalue weighted by atomic mass is 9.81. The van der Waals surface area contributed by atoms with Gasteiger partial charge in [0.2, 0.25) is 0 Å². The van der Waals surface area contributed by atoms with Crippen molar-refractivity contribution < 1.29 is 52.7 Å². The van der Waals surface area contributed by atoms with E-state index >= 15 is 0 Å². The molecular formula is C22HF12N3. The Labute approximate surface area is 196 Å². The molecule has 0 amide bonds. The molecule has 0 fully saturated rings. The van der Waals surface area contributed by atoms with Crippen LogP contribution >= 0.6 is 0 Å². The maximum atomic E-state index is 14.8. The average Bonchev–Trinajstić information content (AvgIpc) is 2.86. The largest absolute Gasteiger partial charge is 0.203 e. The Kier molecular flexibility index (Phi) is 6.82. The summed E-state index contributed by atoms with van der Waals surface area (Å²) in [4.78, 5) is 0. The molecule has 0 saturated heterocycles. The van der Waals surface area contributed by atoms with Crippen molar-refractivity contribution in [2.75, 3.05) is 0 Å². The SMILES string of the molecule is N#Cc1c(F)c(F)c(C(c2c(F)c(F)c(C#N)c(F)c2F)c2c(F)c(F)c(C#N)c(F)c2F)c(F)c1F. The van der Waals surface area contributed by atoms with Crippen LogP contribution < -0.4 is 0 Å². The first kappa shape index (κ1) is 26.9. The lowest BCUT2D eigenvalue weighted by molar-refractivity contribution is 0.399. The molecule has 0 spiro atoms. The van der Waals surface area contributed by atoms with Crippen LogP contribution in [0.5, 0.6) is 0 Å². The van der Waals surface area contributed by atoms with E-state index in [1.54, 1.807) is 0 Å². The van der Waals surface area contributed by atoms with E-state index in [1.165, 1.54) is 0 Å². The molecule has 3 aromatic carbocycles. The lowest BCUT2D eigenvalue weighted by Gasteiger charge is -2.24. The van der Waals surface area contributed by atoms with Crippen LogP contribution in [-0.2, 0) is 0 Å². The second kappa shape index (κ2) is 9.39. The third-order valence-corrected chi connectivity index (χ3v) is 5.09. The molecule has 0 aromatic heterocycles. The maximum Gasteiger partial charge on any atom is 0.180 e. The molecule has 0 saturated carbocycles. The van der Waals surface area contributed by atoms with E-state index in [9.17, 15) is 52.7 Å². The van der Waals surface area contributed by atoms with Crippen LogP contribution in [0.2, 0.25) is 0 Å². The van der Waals surface area contributed by atoms with E-state index in [-0.39, 0.29) is 0 Å². The lowest BCUT2D eigenvalue weighted by Crippen LogP contribution is -2.22. The van der Waals surface area contributed by atoms with Gasteiger partial charge in [-0.25, -0.2) is 52.7 Å². The molecule has 3 aromatic rings. The predicted octanol–water partition coefficient (Wildman–Crippen LogP) is 6.15. The fourth-order valence-electron chi connectivity index (χ4n) is 3.43. The van der Waals surface area contributed by atoms with Gasteiger partial charge in [0.1, 0.15) is 34.9 Å². The van der Waals surface area contributed by atoms with Gasteiger partial charge < -0.3 is 0 Å². The summed E-state index contributed by atoms with van der Waals surface area (Å²) in [5.74, 6) is -36.5. The summed E-state index contributed by atoms with van der Waals surface area (Å²) in [6.45, 7) is 0. The van der Waals surface area contributed by atoms with Gasteiger partial charge in [-0.2, -0.15) is 15.8 Å². The molecule has 0 atom stereocenters. The third-order valence-electron chi connectivity index (χ3n) is 5.09. The molecule has 0 unspecified atom stereocenters. The molecule has 15 heteroatoms. The summed E-state index contributed by atoms with van der Waals surface area (Å²) < 4.78 is 175. The zero-order valence-corrected chi connectivity index (χ0v) is 17.0. The molecule has 37 heavy (non-hydrogen) atoms. The standard InChI is InChI=1S/C22HF12N3/c23-11-4(1-35)12(24)18(30)8(17(11)29)7(9-19(31)13(25)5(2-36)14(26)20(9)32)10-21(33)15(27)6(3-37)16(28)22(10)34/h7H. The van der Waals surface area contributed by atoms with E-state index in [4.69, 9.17) is 15.8 Å². The maximum absolute atomic E-state index is 14.8. The smallest absolute Gasteiger partial charge is 0.180 e. The third kappa shape index (κ3) is 3.69. The van der Waals surface area contributed by atoms with Crippen molar-refractivity contribution in [1.82, 2.24) is 0 Å². The van der Waals surface area contributed by atoms with Crippen molar-refractivity contribution in [3.8, 4) is 18.2 Å². The summed E-state index contributed by atoms with van der Waals surface area (Å²) in [6, 6.07) is 1.99. The number of nitrogens with zero attached hydrogens (tertiary/aromatic N) is 3. The van der Waals surface area contributed by atoms with E-state index < -0.39 is 109 Å². The number of rotatable bonds is 3. The fourth-order valence-corrected chi connectivity index (χ4v) is 3.43. The highest BCUT2D eigenvalue weighted by Gasteiger charge is 2.42. The minimum absolute atomic E-state index is 0.665. The first-order chi connectivity index (χ1) is 17.3. The number of halogens is 12. The van der Waals surface area contributed by atoms with Crippen molar-refractivity contribution in [1.29, 1.82) is 15.8 Å². The Hall–Kier alpha value is -4.71. The summed E-state index contributed by atoms with van der Waals surface area (Å²) in [5.41, 5.74) is -13.5. The van der Waals surface area contributed by atoms with Crippen LogP contribution in [0.15, 0.2) is 0 Å². The number of hydrogen-bond acceptors (Lipinski definition) is 3. The average molecular weight is 535 g/mol. The molecule has 0 aliphatic heterocycles. The molecular weight excluding hydrogens is 534 g/mol. The highest BCUT2D eigenvalue weighted by atomic mass is 19.2. The van der Waals surface area contributed by atoms with Crippen molar-refractivity contribution in [3.05, 3.63) is 103 Å². The minimum atomic E-state index is -3.79. The van der Waals surface area contributed by atoms with Crippen LogP contribution in [0, 0.1) is 104 Å². The number of benzene rings is 3. The van der Waals surface area contributed by atoms with Gasteiger partial charge in [-0.15, -0.1) is 0 Å². The number of hydrogen-bond donors (Lipinski definition) is 0. The Morgan fingerprint density at radius 2 is 0.486 bits per heavy atom. The first-order valence-corrected chi connectivity index (χ1v) is 9.05. The van der Waals surface area contributed by atoms with Gasteiger partial charge in [0.15, 0.2) is 69.8 Å². The van der Waals surface area contributed by atoms with Gasteiger partial charge in [0.25, 0.3) is 0 Å². The Morgan fingerprint density at radius 3 is 0.622 bits per heavy atom. The van der Waals surface area contributed by atoms with Gasteiger partial charge >= 0.3 is 0 Å². The van der Waals surface area contributed by atoms with Crippen molar-refractivity contribution in [3.63, 3.8) is 0 Å². The number of nitriles is 3. The highest BCUT2D eigenvalue weighted by molar-refractivity contribution is 5.53. The molecule has 0 radical (unpaired) electrons. The predicted molar refractivity (Wildman–Crippen MR) is 93.9 cm³/mol. The zero-order valence-electron chi connectivity index (χ0n) is 17.0. The summed E-state index contributed by atoms with van der Waals surface area (Å²) in [6.07, 6.45) is 0. The molecule has 188 valence electrons. The molecule has 0 heterocycles. The first-order valence-electron chi connectivity index (χ1n) is 9.05.